The van der Waals surface area contributed by atoms with Gasteiger partial charge in [-0.15, -0.1) is 0 Å². The standard InChI is InChI=1S/C16H16FN3/c1-3-7-19-16-13(10-18)8-11(2)15(20-16)12-5-4-6-14(17)9-12/h4-6,8-9H,3,7H2,1-2H3,(H,19,20). The molecule has 0 radical (unpaired) electrons. The van der Waals surface area contributed by atoms with Crippen LogP contribution in [0.1, 0.15) is 24.5 Å². The number of rotatable bonds is 4. The molecule has 3 nitrogen and oxygen atoms in total. The van der Waals surface area contributed by atoms with Gasteiger partial charge in [0.2, 0.25) is 0 Å². The highest BCUT2D eigenvalue weighted by molar-refractivity contribution is 5.68. The number of aryl methyl sites for hydroxylation is 1. The average Bonchev–Trinajstić information content (AvgIpc) is 2.45. The Labute approximate surface area is 118 Å². The van der Waals surface area contributed by atoms with Crippen LogP contribution in [0.5, 0.6) is 0 Å². The summed E-state index contributed by atoms with van der Waals surface area (Å²) in [7, 11) is 0. The Morgan fingerprint density at radius 2 is 2.15 bits per heavy atom. The van der Waals surface area contributed by atoms with Crippen molar-refractivity contribution in [2.24, 2.45) is 0 Å². The fraction of sp³-hybridized carbons (Fsp3) is 0.250. The van der Waals surface area contributed by atoms with Crippen molar-refractivity contribution in [3.63, 3.8) is 0 Å². The van der Waals surface area contributed by atoms with Crippen LogP contribution in [0, 0.1) is 24.1 Å². The summed E-state index contributed by atoms with van der Waals surface area (Å²) >= 11 is 0. The second-order valence-electron chi connectivity index (χ2n) is 4.60. The van der Waals surface area contributed by atoms with E-state index in [0.717, 1.165) is 18.5 Å². The van der Waals surface area contributed by atoms with E-state index in [1.54, 1.807) is 12.1 Å². The van der Waals surface area contributed by atoms with Crippen molar-refractivity contribution in [1.29, 1.82) is 5.26 Å². The fourth-order valence-electron chi connectivity index (χ4n) is 2.00. The first kappa shape index (κ1) is 14.0. The van der Waals surface area contributed by atoms with E-state index in [0.29, 0.717) is 22.6 Å². The molecule has 0 spiro atoms. The Morgan fingerprint density at radius 1 is 1.35 bits per heavy atom. The zero-order valence-corrected chi connectivity index (χ0v) is 11.6. The molecule has 1 heterocycles. The molecule has 102 valence electrons. The minimum Gasteiger partial charge on any atom is -0.369 e. The molecule has 0 aliphatic heterocycles. The molecular formula is C16H16FN3. The Balaban J connectivity index is 2.51. The third-order valence-corrected chi connectivity index (χ3v) is 2.97. The Bertz CT molecular complexity index is 659. The fourth-order valence-corrected chi connectivity index (χ4v) is 2.00. The lowest BCUT2D eigenvalue weighted by Crippen LogP contribution is -2.06. The molecule has 0 aliphatic rings. The molecule has 4 heteroatoms. The number of pyridine rings is 1. The van der Waals surface area contributed by atoms with Gasteiger partial charge in [-0.25, -0.2) is 9.37 Å². The number of benzene rings is 1. The summed E-state index contributed by atoms with van der Waals surface area (Å²) in [6.07, 6.45) is 0.940. The first-order valence-corrected chi connectivity index (χ1v) is 6.57. The molecule has 0 bridgehead atoms. The van der Waals surface area contributed by atoms with Gasteiger partial charge < -0.3 is 5.32 Å². The van der Waals surface area contributed by atoms with Crippen LogP contribution in [0.2, 0.25) is 0 Å². The summed E-state index contributed by atoms with van der Waals surface area (Å²) in [5, 5.41) is 12.3. The van der Waals surface area contributed by atoms with Crippen molar-refractivity contribution in [3.05, 3.63) is 47.3 Å². The van der Waals surface area contributed by atoms with Crippen molar-refractivity contribution < 1.29 is 4.39 Å². The largest absolute Gasteiger partial charge is 0.369 e. The number of halogens is 1. The third kappa shape index (κ3) is 2.94. The van der Waals surface area contributed by atoms with Crippen LogP contribution in [0.25, 0.3) is 11.3 Å². The van der Waals surface area contributed by atoms with Gasteiger partial charge in [0.1, 0.15) is 17.7 Å². The molecule has 0 atom stereocenters. The van der Waals surface area contributed by atoms with E-state index in [1.807, 2.05) is 19.9 Å². The summed E-state index contributed by atoms with van der Waals surface area (Å²) in [6.45, 7) is 4.66. The van der Waals surface area contributed by atoms with E-state index in [-0.39, 0.29) is 5.82 Å². The molecule has 1 aromatic heterocycles. The van der Waals surface area contributed by atoms with Crippen LogP contribution in [0.4, 0.5) is 10.2 Å². The van der Waals surface area contributed by atoms with Crippen molar-refractivity contribution in [1.82, 2.24) is 4.98 Å². The molecular weight excluding hydrogens is 253 g/mol. The van der Waals surface area contributed by atoms with Crippen molar-refractivity contribution in [3.8, 4) is 17.3 Å². The highest BCUT2D eigenvalue weighted by atomic mass is 19.1. The van der Waals surface area contributed by atoms with E-state index < -0.39 is 0 Å². The van der Waals surface area contributed by atoms with Crippen LogP contribution in [0.15, 0.2) is 30.3 Å². The van der Waals surface area contributed by atoms with Gasteiger partial charge in [0.05, 0.1) is 11.3 Å². The molecule has 0 fully saturated rings. The van der Waals surface area contributed by atoms with Gasteiger partial charge in [0.25, 0.3) is 0 Å². The summed E-state index contributed by atoms with van der Waals surface area (Å²) in [5.41, 5.74) is 2.78. The average molecular weight is 269 g/mol. The lowest BCUT2D eigenvalue weighted by Gasteiger charge is -2.11. The lowest BCUT2D eigenvalue weighted by atomic mass is 10.0. The maximum absolute atomic E-state index is 13.3. The predicted molar refractivity (Wildman–Crippen MR) is 77.9 cm³/mol. The summed E-state index contributed by atoms with van der Waals surface area (Å²) in [5.74, 6) is 0.260. The van der Waals surface area contributed by atoms with E-state index in [1.165, 1.54) is 12.1 Å². The molecule has 0 saturated heterocycles. The quantitative estimate of drug-likeness (QED) is 0.916. The molecule has 20 heavy (non-hydrogen) atoms. The van der Waals surface area contributed by atoms with Gasteiger partial charge in [-0.05, 0) is 37.1 Å². The first-order valence-electron chi connectivity index (χ1n) is 6.57. The van der Waals surface area contributed by atoms with Gasteiger partial charge in [0.15, 0.2) is 0 Å². The normalized spacial score (nSPS) is 10.1. The van der Waals surface area contributed by atoms with E-state index in [4.69, 9.17) is 5.26 Å². The topological polar surface area (TPSA) is 48.7 Å². The Kier molecular flexibility index (Phi) is 4.31. The first-order chi connectivity index (χ1) is 9.65. The van der Waals surface area contributed by atoms with Crippen LogP contribution < -0.4 is 5.32 Å². The van der Waals surface area contributed by atoms with Gasteiger partial charge >= 0.3 is 0 Å². The van der Waals surface area contributed by atoms with E-state index >= 15 is 0 Å². The smallest absolute Gasteiger partial charge is 0.144 e. The Morgan fingerprint density at radius 3 is 2.80 bits per heavy atom. The number of aromatic nitrogens is 1. The Hall–Kier alpha value is -2.41. The summed E-state index contributed by atoms with van der Waals surface area (Å²) in [4.78, 5) is 4.49. The molecule has 0 amide bonds. The molecule has 0 unspecified atom stereocenters. The zero-order valence-electron chi connectivity index (χ0n) is 11.6. The number of nitrogens with zero attached hydrogens (tertiary/aromatic N) is 2. The minimum absolute atomic E-state index is 0.295. The zero-order chi connectivity index (χ0) is 14.5. The lowest BCUT2D eigenvalue weighted by molar-refractivity contribution is 0.628. The molecule has 0 aliphatic carbocycles. The number of hydrogen-bond acceptors (Lipinski definition) is 3. The third-order valence-electron chi connectivity index (χ3n) is 2.97. The van der Waals surface area contributed by atoms with E-state index in [9.17, 15) is 4.39 Å². The van der Waals surface area contributed by atoms with Crippen LogP contribution in [-0.2, 0) is 0 Å². The van der Waals surface area contributed by atoms with Gasteiger partial charge in [-0.1, -0.05) is 19.1 Å². The highest BCUT2D eigenvalue weighted by Gasteiger charge is 2.11. The van der Waals surface area contributed by atoms with Crippen LogP contribution in [-0.4, -0.2) is 11.5 Å². The second kappa shape index (κ2) is 6.16. The van der Waals surface area contributed by atoms with Crippen molar-refractivity contribution in [2.45, 2.75) is 20.3 Å². The molecule has 0 saturated carbocycles. The highest BCUT2D eigenvalue weighted by Crippen LogP contribution is 2.26. The second-order valence-corrected chi connectivity index (χ2v) is 4.60. The number of nitriles is 1. The maximum atomic E-state index is 13.3. The van der Waals surface area contributed by atoms with Crippen LogP contribution in [0.3, 0.4) is 0 Å². The number of hydrogen-bond donors (Lipinski definition) is 1. The number of nitrogens with one attached hydrogen (secondary N) is 1. The summed E-state index contributed by atoms with van der Waals surface area (Å²) in [6, 6.07) is 10.2. The van der Waals surface area contributed by atoms with E-state index in [2.05, 4.69) is 16.4 Å². The van der Waals surface area contributed by atoms with Gasteiger partial charge in [0, 0.05) is 12.1 Å². The SMILES string of the molecule is CCCNc1nc(-c2cccc(F)c2)c(C)cc1C#N. The van der Waals surface area contributed by atoms with Crippen molar-refractivity contribution in [2.75, 3.05) is 11.9 Å². The van der Waals surface area contributed by atoms with Crippen molar-refractivity contribution >= 4 is 5.82 Å². The summed E-state index contributed by atoms with van der Waals surface area (Å²) < 4.78 is 13.3. The monoisotopic (exact) mass is 269 g/mol. The molecule has 1 aromatic carbocycles. The van der Waals surface area contributed by atoms with Gasteiger partial charge in [-0.2, -0.15) is 5.26 Å². The minimum atomic E-state index is -0.295. The maximum Gasteiger partial charge on any atom is 0.144 e. The molecule has 2 aromatic rings. The predicted octanol–water partition coefficient (Wildman–Crippen LogP) is 3.89. The molecule has 1 N–H and O–H groups in total. The number of anilines is 1. The molecule has 2 rings (SSSR count). The van der Waals surface area contributed by atoms with Gasteiger partial charge in [-0.3, -0.25) is 0 Å². The van der Waals surface area contributed by atoms with Crippen LogP contribution >= 0.6 is 0 Å².